The van der Waals surface area contributed by atoms with Crippen molar-refractivity contribution in [1.29, 1.82) is 0 Å². The fourth-order valence-corrected chi connectivity index (χ4v) is 4.14. The van der Waals surface area contributed by atoms with E-state index in [9.17, 15) is 17.6 Å². The Bertz CT molecular complexity index is 1190. The summed E-state index contributed by atoms with van der Waals surface area (Å²) >= 11 is 0. The molecule has 0 aliphatic heterocycles. The van der Waals surface area contributed by atoms with Crippen LogP contribution in [0.2, 0.25) is 0 Å². The van der Waals surface area contributed by atoms with E-state index in [-0.39, 0.29) is 16.1 Å². The second-order valence-corrected chi connectivity index (χ2v) is 8.50. The lowest BCUT2D eigenvalue weighted by molar-refractivity contribution is 0.102. The number of anilines is 2. The van der Waals surface area contributed by atoms with Crippen LogP contribution in [0.15, 0.2) is 65.6 Å². The van der Waals surface area contributed by atoms with Gasteiger partial charge in [0.05, 0.1) is 4.90 Å². The van der Waals surface area contributed by atoms with Crippen LogP contribution in [0.1, 0.15) is 27.0 Å². The van der Waals surface area contributed by atoms with Crippen LogP contribution >= 0.6 is 0 Å². The number of rotatable bonds is 5. The third-order valence-electron chi connectivity index (χ3n) is 4.58. The Morgan fingerprint density at radius 3 is 2.24 bits per heavy atom. The molecular weight excluding hydrogens is 391 g/mol. The van der Waals surface area contributed by atoms with Crippen molar-refractivity contribution in [3.8, 4) is 0 Å². The maximum absolute atomic E-state index is 13.3. The largest absolute Gasteiger partial charge is 0.322 e. The van der Waals surface area contributed by atoms with Gasteiger partial charge in [-0.1, -0.05) is 18.2 Å². The van der Waals surface area contributed by atoms with E-state index in [0.717, 1.165) is 11.1 Å². The van der Waals surface area contributed by atoms with Crippen LogP contribution in [-0.2, 0) is 10.0 Å². The fraction of sp³-hybridized carbons (Fsp3) is 0.136. The summed E-state index contributed by atoms with van der Waals surface area (Å²) in [6, 6.07) is 15.2. The van der Waals surface area contributed by atoms with Crippen molar-refractivity contribution in [2.45, 2.75) is 25.7 Å². The van der Waals surface area contributed by atoms with E-state index in [4.69, 9.17) is 0 Å². The van der Waals surface area contributed by atoms with Crippen molar-refractivity contribution >= 4 is 27.3 Å². The average Bonchev–Trinajstić information content (AvgIpc) is 2.64. The highest BCUT2D eigenvalue weighted by molar-refractivity contribution is 7.92. The number of nitrogens with one attached hydrogen (secondary N) is 2. The first kappa shape index (κ1) is 20.5. The molecule has 0 heterocycles. The SMILES string of the molecule is Cc1ccc(NS(=O)(=O)c2cc(C(=O)Nc3cccc(F)c3)ccc2C)cc1C. The summed E-state index contributed by atoms with van der Waals surface area (Å²) in [5.41, 5.74) is 3.41. The van der Waals surface area contributed by atoms with E-state index in [1.165, 1.54) is 30.3 Å². The van der Waals surface area contributed by atoms with Crippen LogP contribution in [0.3, 0.4) is 0 Å². The lowest BCUT2D eigenvalue weighted by Crippen LogP contribution is -2.17. The number of amides is 1. The second kappa shape index (κ2) is 8.05. The molecule has 0 spiro atoms. The average molecular weight is 412 g/mol. The van der Waals surface area contributed by atoms with E-state index in [2.05, 4.69) is 10.0 Å². The quantitative estimate of drug-likeness (QED) is 0.632. The van der Waals surface area contributed by atoms with E-state index in [0.29, 0.717) is 11.3 Å². The second-order valence-electron chi connectivity index (χ2n) is 6.85. The van der Waals surface area contributed by atoms with Gasteiger partial charge in [0.1, 0.15) is 5.82 Å². The van der Waals surface area contributed by atoms with Crippen molar-refractivity contribution in [1.82, 2.24) is 0 Å². The van der Waals surface area contributed by atoms with Gasteiger partial charge in [0.25, 0.3) is 15.9 Å². The number of sulfonamides is 1. The smallest absolute Gasteiger partial charge is 0.262 e. The van der Waals surface area contributed by atoms with Crippen LogP contribution < -0.4 is 10.0 Å². The summed E-state index contributed by atoms with van der Waals surface area (Å²) in [6.07, 6.45) is 0. The Labute approximate surface area is 169 Å². The third kappa shape index (κ3) is 4.81. The summed E-state index contributed by atoms with van der Waals surface area (Å²) in [4.78, 5) is 12.5. The van der Waals surface area contributed by atoms with Crippen LogP contribution in [0, 0.1) is 26.6 Å². The number of benzene rings is 3. The van der Waals surface area contributed by atoms with E-state index >= 15 is 0 Å². The lowest BCUT2D eigenvalue weighted by Gasteiger charge is -2.13. The van der Waals surface area contributed by atoms with Crippen LogP contribution in [-0.4, -0.2) is 14.3 Å². The van der Waals surface area contributed by atoms with Crippen molar-refractivity contribution in [3.63, 3.8) is 0 Å². The summed E-state index contributed by atoms with van der Waals surface area (Å²) in [5, 5.41) is 2.57. The highest BCUT2D eigenvalue weighted by Gasteiger charge is 2.20. The standard InChI is InChI=1S/C22H21FN2O3S/c1-14-8-10-20(11-16(14)3)25-29(27,28)21-12-17(9-7-15(21)2)22(26)24-19-6-4-5-18(23)13-19/h4-13,25H,1-3H3,(H,24,26). The summed E-state index contributed by atoms with van der Waals surface area (Å²) < 4.78 is 41.7. The minimum Gasteiger partial charge on any atom is -0.322 e. The van der Waals surface area contributed by atoms with Crippen molar-refractivity contribution in [2.75, 3.05) is 10.0 Å². The molecule has 3 aromatic rings. The lowest BCUT2D eigenvalue weighted by atomic mass is 10.1. The molecule has 7 heteroatoms. The Morgan fingerprint density at radius 1 is 0.828 bits per heavy atom. The molecule has 1 amide bonds. The first-order chi connectivity index (χ1) is 13.7. The molecule has 0 saturated carbocycles. The van der Waals surface area contributed by atoms with E-state index in [1.54, 1.807) is 31.2 Å². The number of aryl methyl sites for hydroxylation is 3. The Hall–Kier alpha value is -3.19. The molecule has 0 aliphatic rings. The molecule has 0 atom stereocenters. The number of carbonyl (C=O) groups is 1. The molecule has 0 aromatic heterocycles. The molecule has 5 nitrogen and oxygen atoms in total. The van der Waals surface area contributed by atoms with Gasteiger partial charge in [-0.25, -0.2) is 12.8 Å². The number of hydrogen-bond acceptors (Lipinski definition) is 3. The van der Waals surface area contributed by atoms with Crippen LogP contribution in [0.5, 0.6) is 0 Å². The van der Waals surface area contributed by atoms with Gasteiger partial charge in [-0.15, -0.1) is 0 Å². The van der Waals surface area contributed by atoms with Gasteiger partial charge >= 0.3 is 0 Å². The van der Waals surface area contributed by atoms with E-state index in [1.807, 2.05) is 19.9 Å². The van der Waals surface area contributed by atoms with Gasteiger partial charge < -0.3 is 5.32 Å². The maximum Gasteiger partial charge on any atom is 0.262 e. The Balaban J connectivity index is 1.89. The van der Waals surface area contributed by atoms with Gasteiger partial charge in [0.15, 0.2) is 0 Å². The van der Waals surface area contributed by atoms with Crippen molar-refractivity contribution < 1.29 is 17.6 Å². The first-order valence-corrected chi connectivity index (χ1v) is 10.4. The van der Waals surface area contributed by atoms with Crippen molar-refractivity contribution in [3.05, 3.63) is 88.7 Å². The zero-order valence-electron chi connectivity index (χ0n) is 16.3. The number of hydrogen-bond donors (Lipinski definition) is 2. The first-order valence-electron chi connectivity index (χ1n) is 8.93. The number of carbonyl (C=O) groups excluding carboxylic acids is 1. The maximum atomic E-state index is 13.3. The zero-order chi connectivity index (χ0) is 21.2. The van der Waals surface area contributed by atoms with Gasteiger partial charge in [0.2, 0.25) is 0 Å². The normalized spacial score (nSPS) is 11.2. The predicted octanol–water partition coefficient (Wildman–Crippen LogP) is 4.80. The highest BCUT2D eigenvalue weighted by Crippen LogP contribution is 2.23. The molecule has 0 unspecified atom stereocenters. The molecule has 150 valence electrons. The molecular formula is C22H21FN2O3S. The van der Waals surface area contributed by atoms with Gasteiger partial charge in [-0.3, -0.25) is 9.52 Å². The zero-order valence-corrected chi connectivity index (χ0v) is 17.1. The molecule has 3 aromatic carbocycles. The topological polar surface area (TPSA) is 75.3 Å². The molecule has 29 heavy (non-hydrogen) atoms. The molecule has 3 rings (SSSR count). The van der Waals surface area contributed by atoms with Gasteiger partial charge in [-0.2, -0.15) is 0 Å². The highest BCUT2D eigenvalue weighted by atomic mass is 32.2. The van der Waals surface area contributed by atoms with Gasteiger partial charge in [-0.05, 0) is 79.9 Å². The van der Waals surface area contributed by atoms with Gasteiger partial charge in [0, 0.05) is 16.9 Å². The minimum absolute atomic E-state index is 0.00243. The molecule has 0 radical (unpaired) electrons. The molecule has 0 fully saturated rings. The monoisotopic (exact) mass is 412 g/mol. The molecule has 0 aliphatic carbocycles. The summed E-state index contributed by atoms with van der Waals surface area (Å²) in [5.74, 6) is -1.01. The third-order valence-corrected chi connectivity index (χ3v) is 6.10. The Morgan fingerprint density at radius 2 is 1.55 bits per heavy atom. The van der Waals surface area contributed by atoms with Crippen LogP contribution in [0.4, 0.5) is 15.8 Å². The summed E-state index contributed by atoms with van der Waals surface area (Å²) in [7, 11) is -3.90. The fourth-order valence-electron chi connectivity index (χ4n) is 2.82. The number of halogens is 1. The summed E-state index contributed by atoms with van der Waals surface area (Å²) in [6.45, 7) is 5.50. The Kier molecular flexibility index (Phi) is 5.70. The molecule has 0 bridgehead atoms. The van der Waals surface area contributed by atoms with E-state index < -0.39 is 21.7 Å². The molecule has 2 N–H and O–H groups in total. The van der Waals surface area contributed by atoms with Crippen molar-refractivity contribution in [2.24, 2.45) is 0 Å². The predicted molar refractivity (Wildman–Crippen MR) is 112 cm³/mol. The molecule has 0 saturated heterocycles. The van der Waals surface area contributed by atoms with Crippen LogP contribution in [0.25, 0.3) is 0 Å². The minimum atomic E-state index is -3.90.